The quantitative estimate of drug-likeness (QED) is 0.157. The van der Waals surface area contributed by atoms with E-state index < -0.39 is 30.3 Å². The molecule has 1 fully saturated rings. The van der Waals surface area contributed by atoms with Gasteiger partial charge in [-0.05, 0) is 61.6 Å². The van der Waals surface area contributed by atoms with E-state index in [1.807, 2.05) is 18.2 Å². The lowest BCUT2D eigenvalue weighted by atomic mass is 10.0. The summed E-state index contributed by atoms with van der Waals surface area (Å²) in [6.07, 6.45) is -1.67. The van der Waals surface area contributed by atoms with E-state index in [-0.39, 0.29) is 18.6 Å². The summed E-state index contributed by atoms with van der Waals surface area (Å²) < 4.78 is 63.9. The third-order valence-corrected chi connectivity index (χ3v) is 6.73. The topological polar surface area (TPSA) is 57.9 Å². The van der Waals surface area contributed by atoms with Gasteiger partial charge in [-0.15, -0.1) is 0 Å². The Labute approximate surface area is 214 Å². The molecule has 1 aliphatic carbocycles. The van der Waals surface area contributed by atoms with Gasteiger partial charge in [-0.3, -0.25) is 0 Å². The number of aryl methyl sites for hydroxylation is 1. The van der Waals surface area contributed by atoms with E-state index in [0.29, 0.717) is 17.1 Å². The molecule has 1 heterocycles. The van der Waals surface area contributed by atoms with Crippen LogP contribution in [0.3, 0.4) is 0 Å². The van der Waals surface area contributed by atoms with Crippen molar-refractivity contribution in [2.45, 2.75) is 63.8 Å². The monoisotopic (exact) mass is 516 g/mol. The van der Waals surface area contributed by atoms with Crippen LogP contribution in [-0.4, -0.2) is 31.5 Å². The van der Waals surface area contributed by atoms with Crippen LogP contribution in [0.4, 0.5) is 13.2 Å². The minimum Gasteiger partial charge on any atom is -0.496 e. The molecule has 198 valence electrons. The van der Waals surface area contributed by atoms with Crippen LogP contribution in [0.2, 0.25) is 0 Å². The number of carbonyl (C=O) groups is 1. The van der Waals surface area contributed by atoms with Crippen LogP contribution in [0.1, 0.15) is 44.6 Å². The van der Waals surface area contributed by atoms with Gasteiger partial charge < -0.3 is 18.6 Å². The highest BCUT2D eigenvalue weighted by Gasteiger charge is 2.55. The molecule has 0 bridgehead atoms. The Kier molecular flexibility index (Phi) is 8.15. The van der Waals surface area contributed by atoms with E-state index in [0.717, 1.165) is 36.3 Å². The predicted molar refractivity (Wildman–Crippen MR) is 135 cm³/mol. The van der Waals surface area contributed by atoms with Crippen LogP contribution < -0.4 is 9.47 Å². The molecule has 0 spiro atoms. The van der Waals surface area contributed by atoms with Gasteiger partial charge in [-0.25, -0.2) is 4.79 Å². The molecule has 3 unspecified atom stereocenters. The summed E-state index contributed by atoms with van der Waals surface area (Å²) in [6, 6.07) is 12.9. The SMILES string of the molecule is C=CC(=O)OC1CCC(Oc2ccc3cc(-c4ccc(CCCCC)cc4OC)oc3c2)C1C(F)(F)F. The van der Waals surface area contributed by atoms with Gasteiger partial charge in [-0.1, -0.05) is 32.4 Å². The number of carbonyl (C=O) groups excluding carboxylic acids is 1. The Morgan fingerprint density at radius 3 is 2.59 bits per heavy atom. The molecule has 1 aliphatic rings. The van der Waals surface area contributed by atoms with Crippen LogP contribution in [0.5, 0.6) is 11.5 Å². The highest BCUT2D eigenvalue weighted by Crippen LogP contribution is 2.43. The molecule has 8 heteroatoms. The maximum Gasteiger partial charge on any atom is 0.398 e. The number of unbranched alkanes of at least 4 members (excludes halogenated alkanes) is 2. The minimum absolute atomic E-state index is 0.0514. The number of halogens is 3. The van der Waals surface area contributed by atoms with Crippen molar-refractivity contribution in [3.63, 3.8) is 0 Å². The largest absolute Gasteiger partial charge is 0.496 e. The van der Waals surface area contributed by atoms with Gasteiger partial charge in [0.25, 0.3) is 0 Å². The van der Waals surface area contributed by atoms with Gasteiger partial charge >= 0.3 is 12.1 Å². The lowest BCUT2D eigenvalue weighted by Gasteiger charge is -2.27. The zero-order chi connectivity index (χ0) is 26.6. The van der Waals surface area contributed by atoms with E-state index in [1.54, 1.807) is 25.3 Å². The molecular weight excluding hydrogens is 485 g/mol. The van der Waals surface area contributed by atoms with E-state index in [1.165, 1.54) is 12.0 Å². The van der Waals surface area contributed by atoms with Crippen molar-refractivity contribution in [2.24, 2.45) is 5.92 Å². The fourth-order valence-corrected chi connectivity index (χ4v) is 4.88. The third kappa shape index (κ3) is 6.12. The number of ether oxygens (including phenoxy) is 3. The molecule has 1 aromatic heterocycles. The molecule has 3 atom stereocenters. The first kappa shape index (κ1) is 26.6. The minimum atomic E-state index is -4.59. The van der Waals surface area contributed by atoms with E-state index in [2.05, 4.69) is 19.6 Å². The third-order valence-electron chi connectivity index (χ3n) is 6.73. The second-order valence-corrected chi connectivity index (χ2v) is 9.28. The summed E-state index contributed by atoms with van der Waals surface area (Å²) in [7, 11) is 1.61. The second-order valence-electron chi connectivity index (χ2n) is 9.28. The number of furan rings is 1. The molecule has 3 aromatic rings. The van der Waals surface area contributed by atoms with Gasteiger partial charge in [0.05, 0.1) is 12.7 Å². The molecular formula is C29H31F3O5. The zero-order valence-electron chi connectivity index (χ0n) is 21.0. The van der Waals surface area contributed by atoms with Crippen LogP contribution in [-0.2, 0) is 16.0 Å². The van der Waals surface area contributed by atoms with Gasteiger partial charge in [0.1, 0.15) is 41.0 Å². The van der Waals surface area contributed by atoms with Gasteiger partial charge in [-0.2, -0.15) is 13.2 Å². The summed E-state index contributed by atoms with van der Waals surface area (Å²) in [5.74, 6) is -1.27. The molecule has 1 saturated carbocycles. The second kappa shape index (κ2) is 11.3. The van der Waals surface area contributed by atoms with Gasteiger partial charge in [0.15, 0.2) is 0 Å². The molecule has 0 saturated heterocycles. The van der Waals surface area contributed by atoms with Crippen molar-refractivity contribution in [1.29, 1.82) is 0 Å². The number of alkyl halides is 3. The summed E-state index contributed by atoms with van der Waals surface area (Å²) >= 11 is 0. The van der Waals surface area contributed by atoms with Crippen molar-refractivity contribution < 1.29 is 36.6 Å². The first-order chi connectivity index (χ1) is 17.7. The van der Waals surface area contributed by atoms with Crippen LogP contribution >= 0.6 is 0 Å². The summed E-state index contributed by atoms with van der Waals surface area (Å²) in [4.78, 5) is 11.5. The average Bonchev–Trinajstić information content (AvgIpc) is 3.47. The predicted octanol–water partition coefficient (Wildman–Crippen LogP) is 7.66. The van der Waals surface area contributed by atoms with Crippen molar-refractivity contribution in [3.8, 4) is 22.8 Å². The maximum atomic E-state index is 13.8. The van der Waals surface area contributed by atoms with Crippen LogP contribution in [0.25, 0.3) is 22.3 Å². The molecule has 37 heavy (non-hydrogen) atoms. The van der Waals surface area contributed by atoms with E-state index in [4.69, 9.17) is 18.6 Å². The Morgan fingerprint density at radius 1 is 1.11 bits per heavy atom. The standard InChI is InChI=1S/C29H31F3O5/c1-4-6-7-8-18-9-12-21(25(15-18)34-3)26-16-19-10-11-20(17-24(19)36-26)35-22-13-14-23(37-27(33)5-2)28(22)29(30,31)32/h5,9-12,15-17,22-23,28H,2,4,6-8,13-14H2,1,3H3. The molecule has 0 aliphatic heterocycles. The first-order valence-corrected chi connectivity index (χ1v) is 12.5. The van der Waals surface area contributed by atoms with E-state index >= 15 is 0 Å². The van der Waals surface area contributed by atoms with Crippen LogP contribution in [0, 0.1) is 5.92 Å². The first-order valence-electron chi connectivity index (χ1n) is 12.5. The number of methoxy groups -OCH3 is 1. The highest BCUT2D eigenvalue weighted by molar-refractivity contribution is 5.85. The number of fused-ring (bicyclic) bond motifs is 1. The van der Waals surface area contributed by atoms with Crippen molar-refractivity contribution in [1.82, 2.24) is 0 Å². The number of benzene rings is 2. The van der Waals surface area contributed by atoms with Crippen molar-refractivity contribution >= 4 is 16.9 Å². The molecule has 2 aromatic carbocycles. The fraction of sp³-hybridized carbons (Fsp3) is 0.414. The number of esters is 1. The van der Waals surface area contributed by atoms with Crippen molar-refractivity contribution in [2.75, 3.05) is 7.11 Å². The van der Waals surface area contributed by atoms with Crippen molar-refractivity contribution in [3.05, 3.63) is 60.7 Å². The van der Waals surface area contributed by atoms with Gasteiger partial charge in [0, 0.05) is 17.5 Å². The summed E-state index contributed by atoms with van der Waals surface area (Å²) in [6.45, 7) is 5.42. The summed E-state index contributed by atoms with van der Waals surface area (Å²) in [5, 5.41) is 0.785. The molecule has 0 N–H and O–H groups in total. The Bertz CT molecular complexity index is 1250. The van der Waals surface area contributed by atoms with Crippen LogP contribution in [0.15, 0.2) is 59.5 Å². The number of hydrogen-bond donors (Lipinski definition) is 0. The maximum absolute atomic E-state index is 13.8. The Balaban J connectivity index is 1.55. The highest BCUT2D eigenvalue weighted by atomic mass is 19.4. The van der Waals surface area contributed by atoms with Gasteiger partial charge in [0.2, 0.25) is 0 Å². The fourth-order valence-electron chi connectivity index (χ4n) is 4.88. The molecule has 5 nitrogen and oxygen atoms in total. The number of hydrogen-bond acceptors (Lipinski definition) is 5. The Hall–Kier alpha value is -3.42. The number of rotatable bonds is 10. The lowest BCUT2D eigenvalue weighted by Crippen LogP contribution is -2.41. The smallest absolute Gasteiger partial charge is 0.398 e. The van der Waals surface area contributed by atoms with E-state index in [9.17, 15) is 18.0 Å². The molecule has 0 radical (unpaired) electrons. The molecule has 0 amide bonds. The normalized spacial score (nSPS) is 19.6. The summed E-state index contributed by atoms with van der Waals surface area (Å²) in [5.41, 5.74) is 2.46. The Morgan fingerprint density at radius 2 is 1.89 bits per heavy atom. The zero-order valence-corrected chi connectivity index (χ0v) is 21.0. The lowest BCUT2D eigenvalue weighted by molar-refractivity contribution is -0.214. The average molecular weight is 517 g/mol. The molecule has 4 rings (SSSR count).